The third-order valence-electron chi connectivity index (χ3n) is 8.91. The topological polar surface area (TPSA) is 153 Å². The molecule has 0 radical (unpaired) electrons. The fourth-order valence-electron chi connectivity index (χ4n) is 6.45. The molecule has 0 aromatic heterocycles. The van der Waals surface area contributed by atoms with Crippen molar-refractivity contribution < 1.29 is 66.5 Å². The normalized spacial score (nSPS) is 29.4. The van der Waals surface area contributed by atoms with E-state index in [9.17, 15) is 14.4 Å². The van der Waals surface area contributed by atoms with Gasteiger partial charge in [-0.2, -0.15) is 0 Å². The quantitative estimate of drug-likeness (QED) is 0.152. The van der Waals surface area contributed by atoms with E-state index in [-0.39, 0.29) is 33.0 Å². The summed E-state index contributed by atoms with van der Waals surface area (Å²) in [6.07, 6.45) is -10.6. The van der Waals surface area contributed by atoms with Gasteiger partial charge in [0.2, 0.25) is 0 Å². The first-order valence-corrected chi connectivity index (χ1v) is 17.4. The molecule has 14 nitrogen and oxygen atoms in total. The second-order valence-corrected chi connectivity index (χ2v) is 12.7. The molecule has 53 heavy (non-hydrogen) atoms. The van der Waals surface area contributed by atoms with Crippen LogP contribution in [0.1, 0.15) is 30.5 Å². The van der Waals surface area contributed by atoms with Gasteiger partial charge < -0.3 is 52.1 Å². The van der Waals surface area contributed by atoms with Crippen molar-refractivity contribution in [2.24, 2.45) is 0 Å². The molecule has 0 bridgehead atoms. The minimum Gasteiger partial charge on any atom is -0.463 e. The number of hydrogen-bond acceptors (Lipinski definition) is 14. The maximum absolute atomic E-state index is 12.4. The molecule has 3 aromatic carbocycles. The van der Waals surface area contributed by atoms with Gasteiger partial charge in [0.1, 0.15) is 37.1 Å². The molecule has 0 spiro atoms. The highest BCUT2D eigenvalue weighted by Crippen LogP contribution is 2.36. The Labute approximate surface area is 307 Å². The van der Waals surface area contributed by atoms with Crippen molar-refractivity contribution in [1.82, 2.24) is 0 Å². The molecule has 14 heteroatoms. The average Bonchev–Trinajstić information content (AvgIpc) is 3.57. The van der Waals surface area contributed by atoms with E-state index in [1.165, 1.54) is 21.0 Å². The first-order valence-electron chi connectivity index (χ1n) is 17.4. The van der Waals surface area contributed by atoms with Crippen LogP contribution in [0.5, 0.6) is 0 Å². The summed E-state index contributed by atoms with van der Waals surface area (Å²) in [5, 5.41) is 0. The van der Waals surface area contributed by atoms with Crippen LogP contribution in [0.25, 0.3) is 0 Å². The maximum Gasteiger partial charge on any atom is 0.509 e. The van der Waals surface area contributed by atoms with Gasteiger partial charge in [0, 0.05) is 21.0 Å². The summed E-state index contributed by atoms with van der Waals surface area (Å²) in [5.74, 6) is -1.24. The molecule has 6 rings (SSSR count). The van der Waals surface area contributed by atoms with Gasteiger partial charge in [-0.25, -0.2) is 4.79 Å². The number of carbonyl (C=O) groups excluding carboxylic acids is 3. The Balaban J connectivity index is 1.27. The Morgan fingerprint density at radius 1 is 0.566 bits per heavy atom. The highest BCUT2D eigenvalue weighted by atomic mass is 16.8. The first-order chi connectivity index (χ1) is 25.8. The van der Waals surface area contributed by atoms with Crippen LogP contribution in [0, 0.1) is 0 Å². The van der Waals surface area contributed by atoms with Gasteiger partial charge in [0.25, 0.3) is 0 Å². The van der Waals surface area contributed by atoms with Crippen LogP contribution in [0.4, 0.5) is 4.79 Å². The summed E-state index contributed by atoms with van der Waals surface area (Å²) < 4.78 is 66.0. The predicted octanol–water partition coefficient (Wildman–Crippen LogP) is 4.25. The fourth-order valence-corrected chi connectivity index (χ4v) is 6.45. The van der Waals surface area contributed by atoms with Crippen LogP contribution >= 0.6 is 0 Å². The monoisotopic (exact) mass is 736 g/mol. The van der Waals surface area contributed by atoms with E-state index in [0.29, 0.717) is 0 Å². The molecule has 3 fully saturated rings. The lowest BCUT2D eigenvalue weighted by atomic mass is 9.97. The summed E-state index contributed by atoms with van der Waals surface area (Å²) in [6, 6.07) is 29.1. The number of ether oxygens (including phenoxy) is 11. The van der Waals surface area contributed by atoms with Crippen molar-refractivity contribution in [3.8, 4) is 0 Å². The molecule has 3 saturated heterocycles. The Hall–Kier alpha value is -4.41. The number of methoxy groups -OCH3 is 1. The van der Waals surface area contributed by atoms with Gasteiger partial charge in [0.05, 0.1) is 26.4 Å². The van der Waals surface area contributed by atoms with Crippen molar-refractivity contribution >= 4 is 18.1 Å². The predicted molar refractivity (Wildman–Crippen MR) is 183 cm³/mol. The third-order valence-corrected chi connectivity index (χ3v) is 8.91. The fraction of sp³-hybridized carbons (Fsp3) is 0.462. The highest BCUT2D eigenvalue weighted by molar-refractivity contribution is 5.67. The van der Waals surface area contributed by atoms with Crippen molar-refractivity contribution in [3.05, 3.63) is 108 Å². The van der Waals surface area contributed by atoms with Crippen LogP contribution in [-0.4, -0.2) is 99.8 Å². The van der Waals surface area contributed by atoms with Gasteiger partial charge >= 0.3 is 18.1 Å². The molecule has 3 aromatic rings. The average molecular weight is 737 g/mol. The van der Waals surface area contributed by atoms with Crippen LogP contribution in [0.15, 0.2) is 91.0 Å². The zero-order valence-corrected chi connectivity index (χ0v) is 29.7. The second-order valence-electron chi connectivity index (χ2n) is 12.7. The lowest BCUT2D eigenvalue weighted by molar-refractivity contribution is -0.336. The molecule has 3 heterocycles. The molecule has 0 unspecified atom stereocenters. The molecule has 0 saturated carbocycles. The SMILES string of the molecule is CO[C@H]1O[C@H](CO[C@@H]2O[C@H](COC(C)=O)[C@H](OC(C)=O)[C@@H]3OC(=O)O[C@@H]23)[C@@H](OCc2ccccc2)[C@H](OCc2ccccc2)[C@H]1OCc1ccccc1. The van der Waals surface area contributed by atoms with Gasteiger partial charge in [-0.3, -0.25) is 9.59 Å². The Morgan fingerprint density at radius 2 is 1.06 bits per heavy atom. The number of fused-ring (bicyclic) bond motifs is 1. The summed E-state index contributed by atoms with van der Waals surface area (Å²) in [5.41, 5.74) is 2.81. The van der Waals surface area contributed by atoms with Crippen molar-refractivity contribution in [3.63, 3.8) is 0 Å². The van der Waals surface area contributed by atoms with E-state index in [2.05, 4.69) is 0 Å². The van der Waals surface area contributed by atoms with E-state index in [4.69, 9.17) is 52.1 Å². The Kier molecular flexibility index (Phi) is 13.4. The molecule has 0 aliphatic carbocycles. The third kappa shape index (κ3) is 10.2. The molecule has 3 aliphatic heterocycles. The van der Waals surface area contributed by atoms with Gasteiger partial charge in [-0.05, 0) is 16.7 Å². The molecule has 0 N–H and O–H groups in total. The lowest BCUT2D eigenvalue weighted by Gasteiger charge is -2.46. The number of esters is 2. The Morgan fingerprint density at radius 3 is 1.58 bits per heavy atom. The molecule has 3 aliphatic rings. The van der Waals surface area contributed by atoms with E-state index >= 15 is 0 Å². The van der Waals surface area contributed by atoms with Crippen LogP contribution < -0.4 is 0 Å². The first kappa shape index (κ1) is 38.3. The summed E-state index contributed by atoms with van der Waals surface area (Å²) in [7, 11) is 1.51. The number of rotatable bonds is 16. The van der Waals surface area contributed by atoms with Crippen LogP contribution in [0.3, 0.4) is 0 Å². The van der Waals surface area contributed by atoms with Gasteiger partial charge in [0.15, 0.2) is 30.9 Å². The Bertz CT molecular complexity index is 1610. The van der Waals surface area contributed by atoms with E-state index in [1.54, 1.807) is 0 Å². The summed E-state index contributed by atoms with van der Waals surface area (Å²) in [6.45, 7) is 2.67. The zero-order valence-electron chi connectivity index (χ0n) is 29.7. The smallest absolute Gasteiger partial charge is 0.463 e. The van der Waals surface area contributed by atoms with Crippen LogP contribution in [0.2, 0.25) is 0 Å². The second kappa shape index (κ2) is 18.6. The highest BCUT2D eigenvalue weighted by Gasteiger charge is 2.57. The number of hydrogen-bond donors (Lipinski definition) is 0. The molecular formula is C39H44O14. The van der Waals surface area contributed by atoms with Gasteiger partial charge in [-0.1, -0.05) is 91.0 Å². The number of benzene rings is 3. The van der Waals surface area contributed by atoms with Crippen LogP contribution in [-0.2, 0) is 81.5 Å². The van der Waals surface area contributed by atoms with Gasteiger partial charge in [-0.15, -0.1) is 0 Å². The lowest BCUT2D eigenvalue weighted by Crippen LogP contribution is -2.63. The molecule has 10 atom stereocenters. The molecule has 0 amide bonds. The van der Waals surface area contributed by atoms with E-state index < -0.39 is 79.5 Å². The van der Waals surface area contributed by atoms with Crippen molar-refractivity contribution in [2.45, 2.75) is 95.1 Å². The maximum atomic E-state index is 12.4. The molecule has 284 valence electrons. The largest absolute Gasteiger partial charge is 0.509 e. The van der Waals surface area contributed by atoms with Crippen molar-refractivity contribution in [1.29, 1.82) is 0 Å². The summed E-state index contributed by atoms with van der Waals surface area (Å²) >= 11 is 0. The standard InChI is InChI=1S/C39H44O14/c1-24(40)44-22-30-32(49-25(2)41)34-36(53-39(42)52-34)38(51-30)48-23-29-31(45-19-26-13-7-4-8-14-26)33(46-20-27-15-9-5-10-16-27)35(37(43-3)50-29)47-21-28-17-11-6-12-18-28/h4-18,29-38H,19-23H2,1-3H3/t29-,30-,31-,32+,33+,34+,35-,36-,37+,38-/m1/s1. The summed E-state index contributed by atoms with van der Waals surface area (Å²) in [4.78, 5) is 36.1. The molecular weight excluding hydrogens is 692 g/mol. The minimum absolute atomic E-state index is 0.167. The minimum atomic E-state index is -1.24. The van der Waals surface area contributed by atoms with E-state index in [0.717, 1.165) is 16.7 Å². The number of carbonyl (C=O) groups is 3. The van der Waals surface area contributed by atoms with Crippen molar-refractivity contribution in [2.75, 3.05) is 20.3 Å². The zero-order chi connectivity index (χ0) is 37.2. The van der Waals surface area contributed by atoms with E-state index in [1.807, 2.05) is 91.0 Å².